The average molecular weight is 284 g/mol. The molecular formula is C16H32N2O2. The van der Waals surface area contributed by atoms with Crippen molar-refractivity contribution in [2.45, 2.75) is 59.4 Å². The van der Waals surface area contributed by atoms with Crippen LogP contribution in [0.5, 0.6) is 0 Å². The summed E-state index contributed by atoms with van der Waals surface area (Å²) in [6, 6.07) is 0.0743. The van der Waals surface area contributed by atoms with Crippen molar-refractivity contribution in [3.63, 3.8) is 0 Å². The number of nitrogens with two attached hydrogens (primary N) is 1. The van der Waals surface area contributed by atoms with Gasteiger partial charge in [0.2, 0.25) is 5.91 Å². The Balaban J connectivity index is 2.65. The zero-order valence-corrected chi connectivity index (χ0v) is 13.6. The van der Waals surface area contributed by atoms with Crippen molar-refractivity contribution in [2.75, 3.05) is 19.8 Å². The van der Waals surface area contributed by atoms with Gasteiger partial charge in [0, 0.05) is 13.2 Å². The van der Waals surface area contributed by atoms with Gasteiger partial charge in [-0.2, -0.15) is 0 Å². The van der Waals surface area contributed by atoms with Crippen molar-refractivity contribution in [3.8, 4) is 0 Å². The topological polar surface area (TPSA) is 64.3 Å². The van der Waals surface area contributed by atoms with Gasteiger partial charge >= 0.3 is 0 Å². The van der Waals surface area contributed by atoms with Crippen LogP contribution in [0.1, 0.15) is 53.4 Å². The van der Waals surface area contributed by atoms with Gasteiger partial charge in [0.25, 0.3) is 0 Å². The molecule has 1 rings (SSSR count). The molecule has 1 aliphatic carbocycles. The van der Waals surface area contributed by atoms with Crippen molar-refractivity contribution >= 4 is 5.91 Å². The minimum atomic E-state index is -0.355. The summed E-state index contributed by atoms with van der Waals surface area (Å²) in [5, 5.41) is 3.18. The molecular weight excluding hydrogens is 252 g/mol. The number of hydrogen-bond donors (Lipinski definition) is 2. The molecule has 1 fully saturated rings. The normalized spacial score (nSPS) is 28.4. The maximum Gasteiger partial charge on any atom is 0.227 e. The molecule has 0 bridgehead atoms. The summed E-state index contributed by atoms with van der Waals surface area (Å²) >= 11 is 0. The first kappa shape index (κ1) is 17.4. The number of hydrogen-bond acceptors (Lipinski definition) is 3. The summed E-state index contributed by atoms with van der Waals surface area (Å²) in [5.41, 5.74) is 5.59. The highest BCUT2D eigenvalue weighted by Gasteiger charge is 2.40. The van der Waals surface area contributed by atoms with Crippen LogP contribution in [0, 0.1) is 17.3 Å². The van der Waals surface area contributed by atoms with Gasteiger partial charge in [0.1, 0.15) is 0 Å². The van der Waals surface area contributed by atoms with E-state index in [9.17, 15) is 4.79 Å². The Hall–Kier alpha value is -0.610. The van der Waals surface area contributed by atoms with Crippen molar-refractivity contribution in [3.05, 3.63) is 0 Å². The largest absolute Gasteiger partial charge is 0.380 e. The number of nitrogens with one attached hydrogen (secondary N) is 1. The third-order valence-electron chi connectivity index (χ3n) is 4.73. The van der Waals surface area contributed by atoms with E-state index in [1.165, 1.54) is 0 Å². The van der Waals surface area contributed by atoms with E-state index in [1.54, 1.807) is 0 Å². The lowest BCUT2D eigenvalue weighted by atomic mass is 9.70. The lowest BCUT2D eigenvalue weighted by Gasteiger charge is -2.38. The van der Waals surface area contributed by atoms with Crippen LogP contribution in [0.25, 0.3) is 0 Å². The Labute approximate surface area is 123 Å². The molecule has 1 saturated carbocycles. The Morgan fingerprint density at radius 1 is 1.40 bits per heavy atom. The van der Waals surface area contributed by atoms with E-state index in [-0.39, 0.29) is 17.4 Å². The summed E-state index contributed by atoms with van der Waals surface area (Å²) in [7, 11) is 0. The molecule has 0 heterocycles. The van der Waals surface area contributed by atoms with E-state index in [2.05, 4.69) is 26.1 Å². The van der Waals surface area contributed by atoms with Gasteiger partial charge in [-0.25, -0.2) is 0 Å². The quantitative estimate of drug-likeness (QED) is 0.754. The Kier molecular flexibility index (Phi) is 6.96. The van der Waals surface area contributed by atoms with Crippen molar-refractivity contribution in [1.29, 1.82) is 0 Å². The second-order valence-electron chi connectivity index (χ2n) is 6.65. The van der Waals surface area contributed by atoms with E-state index in [0.717, 1.165) is 25.7 Å². The molecule has 1 aliphatic rings. The number of carbonyl (C=O) groups excluding carboxylic acids is 1. The molecule has 1 atom stereocenters. The van der Waals surface area contributed by atoms with Gasteiger partial charge in [0.15, 0.2) is 0 Å². The number of carbonyl (C=O) groups is 1. The van der Waals surface area contributed by atoms with Crippen LogP contribution in [-0.2, 0) is 9.53 Å². The highest BCUT2D eigenvalue weighted by molar-refractivity contribution is 5.83. The average Bonchev–Trinajstić information content (AvgIpc) is 2.44. The van der Waals surface area contributed by atoms with Gasteiger partial charge in [-0.1, -0.05) is 20.8 Å². The molecule has 0 spiro atoms. The maximum atomic E-state index is 12.7. The zero-order chi connectivity index (χ0) is 15.2. The third-order valence-corrected chi connectivity index (χ3v) is 4.73. The molecule has 0 aromatic rings. The van der Waals surface area contributed by atoms with Crippen LogP contribution in [-0.4, -0.2) is 31.7 Å². The lowest BCUT2D eigenvalue weighted by molar-refractivity contribution is -0.134. The third kappa shape index (κ3) is 4.45. The maximum absolute atomic E-state index is 12.7. The smallest absolute Gasteiger partial charge is 0.227 e. The van der Waals surface area contributed by atoms with Gasteiger partial charge in [-0.05, 0) is 44.4 Å². The molecule has 0 radical (unpaired) electrons. The summed E-state index contributed by atoms with van der Waals surface area (Å²) < 4.78 is 5.48. The molecule has 118 valence electrons. The molecule has 0 aliphatic heterocycles. The summed E-state index contributed by atoms with van der Waals surface area (Å²) in [6.07, 6.45) is 4.02. The van der Waals surface area contributed by atoms with Gasteiger partial charge in [0.05, 0.1) is 18.1 Å². The predicted molar refractivity (Wildman–Crippen MR) is 82.4 cm³/mol. The number of ether oxygens (including phenoxy) is 1. The number of rotatable bonds is 7. The van der Waals surface area contributed by atoms with Gasteiger partial charge < -0.3 is 15.8 Å². The van der Waals surface area contributed by atoms with Crippen LogP contribution in [0.3, 0.4) is 0 Å². The molecule has 4 nitrogen and oxygen atoms in total. The van der Waals surface area contributed by atoms with Crippen molar-refractivity contribution < 1.29 is 9.53 Å². The van der Waals surface area contributed by atoms with Gasteiger partial charge in [-0.15, -0.1) is 0 Å². The monoisotopic (exact) mass is 284 g/mol. The second-order valence-corrected chi connectivity index (χ2v) is 6.65. The highest BCUT2D eigenvalue weighted by atomic mass is 16.5. The van der Waals surface area contributed by atoms with Crippen molar-refractivity contribution in [2.24, 2.45) is 23.0 Å². The molecule has 1 unspecified atom stereocenters. The van der Waals surface area contributed by atoms with E-state index >= 15 is 0 Å². The molecule has 0 aromatic carbocycles. The Bertz CT molecular complexity index is 297. The summed E-state index contributed by atoms with van der Waals surface area (Å²) in [4.78, 5) is 12.7. The fourth-order valence-corrected chi connectivity index (χ4v) is 2.81. The first-order valence-electron chi connectivity index (χ1n) is 8.04. The van der Waals surface area contributed by atoms with Crippen molar-refractivity contribution in [1.82, 2.24) is 5.32 Å². The number of amides is 1. The molecule has 1 amide bonds. The minimum Gasteiger partial charge on any atom is -0.380 e. The van der Waals surface area contributed by atoms with E-state index < -0.39 is 0 Å². The zero-order valence-electron chi connectivity index (χ0n) is 13.6. The fraction of sp³-hybridized carbons (Fsp3) is 0.938. The first-order valence-corrected chi connectivity index (χ1v) is 8.04. The van der Waals surface area contributed by atoms with E-state index in [4.69, 9.17) is 10.5 Å². The molecule has 3 N–H and O–H groups in total. The highest BCUT2D eigenvalue weighted by Crippen LogP contribution is 2.38. The summed E-state index contributed by atoms with van der Waals surface area (Å²) in [5.74, 6) is 1.21. The lowest BCUT2D eigenvalue weighted by Crippen LogP contribution is -2.53. The second kappa shape index (κ2) is 7.99. The molecule has 4 heteroatoms. The standard InChI is InChI=1S/C16H32N2O2/c1-5-20-10-14(12(2)3)18-15(19)16(11-17)8-6-13(4)7-9-16/h12-14H,5-11,17H2,1-4H3,(H,18,19). The van der Waals surface area contributed by atoms with Gasteiger partial charge in [-0.3, -0.25) is 4.79 Å². The first-order chi connectivity index (χ1) is 9.45. The van der Waals surface area contributed by atoms with Crippen LogP contribution < -0.4 is 11.1 Å². The molecule has 0 saturated heterocycles. The van der Waals surface area contributed by atoms with Crippen LogP contribution in [0.15, 0.2) is 0 Å². The van der Waals surface area contributed by atoms with E-state index in [0.29, 0.717) is 31.6 Å². The van der Waals surface area contributed by atoms with Crippen LogP contribution in [0.2, 0.25) is 0 Å². The van der Waals surface area contributed by atoms with Crippen LogP contribution in [0.4, 0.5) is 0 Å². The van der Waals surface area contributed by atoms with Crippen LogP contribution >= 0.6 is 0 Å². The Morgan fingerprint density at radius 2 is 2.00 bits per heavy atom. The SMILES string of the molecule is CCOCC(NC(=O)C1(CN)CCC(C)CC1)C(C)C. The minimum absolute atomic E-state index is 0.0743. The van der Waals surface area contributed by atoms with E-state index in [1.807, 2.05) is 6.92 Å². The molecule has 0 aromatic heterocycles. The Morgan fingerprint density at radius 3 is 2.45 bits per heavy atom. The molecule has 20 heavy (non-hydrogen) atoms. The predicted octanol–water partition coefficient (Wildman–Crippen LogP) is 2.32. The summed E-state index contributed by atoms with van der Waals surface area (Å²) in [6.45, 7) is 10.2. The fourth-order valence-electron chi connectivity index (χ4n) is 2.81.